The third kappa shape index (κ3) is 4.65. The summed E-state index contributed by atoms with van der Waals surface area (Å²) in [5, 5.41) is 2.82. The fourth-order valence-corrected chi connectivity index (χ4v) is 2.08. The number of piperidine rings is 1. The zero-order valence-electron chi connectivity index (χ0n) is 9.37. The number of rotatable bonds is 4. The van der Waals surface area contributed by atoms with Crippen molar-refractivity contribution in [1.82, 2.24) is 10.2 Å². The molecule has 1 aliphatic heterocycles. The van der Waals surface area contributed by atoms with Gasteiger partial charge in [-0.25, -0.2) is 0 Å². The second-order valence-corrected chi connectivity index (χ2v) is 4.64. The van der Waals surface area contributed by atoms with Gasteiger partial charge in [0.1, 0.15) is 29.6 Å². The molecule has 0 aromatic heterocycles. The van der Waals surface area contributed by atoms with Crippen molar-refractivity contribution in [3.8, 4) is 0 Å². The van der Waals surface area contributed by atoms with Crippen LogP contribution in [0.1, 0.15) is 19.8 Å². The molecular formula is C10H17IN2O3. The summed E-state index contributed by atoms with van der Waals surface area (Å²) in [6, 6.07) is 0. The molecule has 16 heavy (non-hydrogen) atoms. The summed E-state index contributed by atoms with van der Waals surface area (Å²) in [5.41, 5.74) is 0. The number of halogens is 1. The van der Waals surface area contributed by atoms with Crippen LogP contribution in [-0.4, -0.2) is 43.0 Å². The molecule has 0 atom stereocenters. The van der Waals surface area contributed by atoms with Crippen LogP contribution in [0.3, 0.4) is 0 Å². The largest absolute Gasteiger partial charge is 0.356 e. The van der Waals surface area contributed by atoms with Gasteiger partial charge in [0.25, 0.3) is 0 Å². The number of hydrogen-bond donors (Lipinski definition) is 1. The van der Waals surface area contributed by atoms with E-state index >= 15 is 0 Å². The van der Waals surface area contributed by atoms with Crippen LogP contribution in [0, 0.1) is 5.92 Å². The Morgan fingerprint density at radius 3 is 2.56 bits per heavy atom. The third-order valence-corrected chi connectivity index (χ3v) is 3.10. The first kappa shape index (κ1) is 13.7. The zero-order valence-corrected chi connectivity index (χ0v) is 11.5. The molecule has 6 heteroatoms. The lowest BCUT2D eigenvalue weighted by Gasteiger charge is -2.31. The standard InChI is InChI=1S/C10H17IN2O3/c1-8(14)12-6-9-2-4-13(5-3-9)10(15)7-16-11/h9H,2-7H2,1H3,(H,12,14). The van der Waals surface area contributed by atoms with Crippen molar-refractivity contribution in [2.24, 2.45) is 5.92 Å². The Hall–Kier alpha value is -0.370. The van der Waals surface area contributed by atoms with Crippen molar-refractivity contribution < 1.29 is 12.7 Å². The molecule has 1 aliphatic rings. The highest BCUT2D eigenvalue weighted by molar-refractivity contribution is 14.1. The molecule has 1 saturated heterocycles. The minimum Gasteiger partial charge on any atom is -0.356 e. The number of nitrogens with zero attached hydrogens (tertiary/aromatic N) is 1. The highest BCUT2D eigenvalue weighted by Gasteiger charge is 2.22. The van der Waals surface area contributed by atoms with Crippen LogP contribution in [0.15, 0.2) is 0 Å². The maximum Gasteiger partial charge on any atom is 0.249 e. The first-order valence-corrected chi connectivity index (χ1v) is 6.27. The normalized spacial score (nSPS) is 17.2. The molecular weight excluding hydrogens is 323 g/mol. The minimum atomic E-state index is 0.0109. The molecule has 5 nitrogen and oxygen atoms in total. The molecule has 1 heterocycles. The predicted molar refractivity (Wildman–Crippen MR) is 68.0 cm³/mol. The lowest BCUT2D eigenvalue weighted by Crippen LogP contribution is -2.42. The average molecular weight is 340 g/mol. The molecule has 0 saturated carbocycles. The van der Waals surface area contributed by atoms with Gasteiger partial charge in [0.05, 0.1) is 0 Å². The van der Waals surface area contributed by atoms with E-state index in [0.29, 0.717) is 5.92 Å². The number of carbonyl (C=O) groups excluding carboxylic acids is 2. The summed E-state index contributed by atoms with van der Waals surface area (Å²) in [6.45, 7) is 3.93. The zero-order chi connectivity index (χ0) is 12.0. The smallest absolute Gasteiger partial charge is 0.249 e. The highest BCUT2D eigenvalue weighted by Crippen LogP contribution is 2.16. The van der Waals surface area contributed by atoms with Crippen LogP contribution >= 0.6 is 23.0 Å². The Bertz CT molecular complexity index is 252. The Morgan fingerprint density at radius 2 is 2.06 bits per heavy atom. The van der Waals surface area contributed by atoms with Crippen molar-refractivity contribution in [2.75, 3.05) is 26.2 Å². The number of amides is 2. The van der Waals surface area contributed by atoms with E-state index in [2.05, 4.69) is 5.32 Å². The van der Waals surface area contributed by atoms with E-state index in [1.54, 1.807) is 23.0 Å². The van der Waals surface area contributed by atoms with Crippen LogP contribution in [-0.2, 0) is 12.7 Å². The topological polar surface area (TPSA) is 58.6 Å². The van der Waals surface area contributed by atoms with Gasteiger partial charge in [-0.15, -0.1) is 0 Å². The summed E-state index contributed by atoms with van der Waals surface area (Å²) < 4.78 is 4.78. The first-order chi connectivity index (χ1) is 7.63. The molecule has 0 aromatic rings. The van der Waals surface area contributed by atoms with E-state index in [1.165, 1.54) is 6.92 Å². The summed E-state index contributed by atoms with van der Waals surface area (Å²) in [6.07, 6.45) is 1.90. The van der Waals surface area contributed by atoms with Gasteiger partial charge in [-0.1, -0.05) is 0 Å². The van der Waals surface area contributed by atoms with Crippen LogP contribution in [0.4, 0.5) is 0 Å². The van der Waals surface area contributed by atoms with Gasteiger partial charge in [0.2, 0.25) is 11.8 Å². The molecule has 1 fully saturated rings. The Labute approximate surface area is 110 Å². The van der Waals surface area contributed by atoms with Crippen molar-refractivity contribution >= 4 is 34.8 Å². The van der Waals surface area contributed by atoms with Gasteiger partial charge in [-0.05, 0) is 18.8 Å². The lowest BCUT2D eigenvalue weighted by molar-refractivity contribution is -0.134. The third-order valence-electron chi connectivity index (χ3n) is 2.78. The van der Waals surface area contributed by atoms with E-state index in [9.17, 15) is 9.59 Å². The van der Waals surface area contributed by atoms with Crippen LogP contribution in [0.5, 0.6) is 0 Å². The molecule has 0 bridgehead atoms. The fourth-order valence-electron chi connectivity index (χ4n) is 1.81. The van der Waals surface area contributed by atoms with Gasteiger partial charge in [-0.3, -0.25) is 9.59 Å². The second kappa shape index (κ2) is 7.05. The molecule has 1 rings (SSSR count). The molecule has 0 unspecified atom stereocenters. The van der Waals surface area contributed by atoms with Crippen LogP contribution in [0.2, 0.25) is 0 Å². The minimum absolute atomic E-state index is 0.0109. The quantitative estimate of drug-likeness (QED) is 0.768. The molecule has 2 amide bonds. The second-order valence-electron chi connectivity index (χ2n) is 4.01. The van der Waals surface area contributed by atoms with Crippen LogP contribution in [0.25, 0.3) is 0 Å². The molecule has 1 N–H and O–H groups in total. The maximum absolute atomic E-state index is 11.5. The Balaban J connectivity index is 2.23. The van der Waals surface area contributed by atoms with Gasteiger partial charge in [-0.2, -0.15) is 0 Å². The molecule has 0 radical (unpaired) electrons. The fraction of sp³-hybridized carbons (Fsp3) is 0.800. The van der Waals surface area contributed by atoms with Gasteiger partial charge in [0, 0.05) is 26.6 Å². The summed E-state index contributed by atoms with van der Waals surface area (Å²) in [4.78, 5) is 24.1. The SMILES string of the molecule is CC(=O)NCC1CCN(C(=O)COI)CC1. The summed E-state index contributed by atoms with van der Waals surface area (Å²) in [7, 11) is 0. The first-order valence-electron chi connectivity index (χ1n) is 5.39. The van der Waals surface area contributed by atoms with E-state index in [-0.39, 0.29) is 18.4 Å². The molecule has 0 aliphatic carbocycles. The Kier molecular flexibility index (Phi) is 6.04. The monoisotopic (exact) mass is 340 g/mol. The Morgan fingerprint density at radius 1 is 1.44 bits per heavy atom. The summed E-state index contributed by atoms with van der Waals surface area (Å²) in [5.74, 6) is 0.553. The lowest BCUT2D eigenvalue weighted by atomic mass is 9.97. The number of hydrogen-bond acceptors (Lipinski definition) is 3. The van der Waals surface area contributed by atoms with Crippen molar-refractivity contribution in [3.05, 3.63) is 0 Å². The van der Waals surface area contributed by atoms with Gasteiger partial charge in [0.15, 0.2) is 0 Å². The number of likely N-dealkylation sites (tertiary alicyclic amines) is 1. The maximum atomic E-state index is 11.5. The van der Waals surface area contributed by atoms with Crippen molar-refractivity contribution in [3.63, 3.8) is 0 Å². The molecule has 0 aromatic carbocycles. The van der Waals surface area contributed by atoms with E-state index in [4.69, 9.17) is 3.07 Å². The van der Waals surface area contributed by atoms with Crippen molar-refractivity contribution in [2.45, 2.75) is 19.8 Å². The van der Waals surface area contributed by atoms with Crippen LogP contribution < -0.4 is 5.32 Å². The highest BCUT2D eigenvalue weighted by atomic mass is 127. The van der Waals surface area contributed by atoms with E-state index in [0.717, 1.165) is 32.5 Å². The van der Waals surface area contributed by atoms with Gasteiger partial charge < -0.3 is 13.3 Å². The van der Waals surface area contributed by atoms with Gasteiger partial charge >= 0.3 is 0 Å². The predicted octanol–water partition coefficient (Wildman–Crippen LogP) is 0.728. The molecule has 92 valence electrons. The average Bonchev–Trinajstić information content (AvgIpc) is 2.27. The number of carbonyl (C=O) groups is 2. The number of nitrogens with one attached hydrogen (secondary N) is 1. The van der Waals surface area contributed by atoms with Crippen molar-refractivity contribution in [1.29, 1.82) is 0 Å². The summed E-state index contributed by atoms with van der Waals surface area (Å²) >= 11 is 1.73. The van der Waals surface area contributed by atoms with E-state index < -0.39 is 0 Å². The molecule has 0 spiro atoms. The van der Waals surface area contributed by atoms with E-state index in [1.807, 2.05) is 4.90 Å².